The van der Waals surface area contributed by atoms with Crippen molar-refractivity contribution in [2.45, 2.75) is 31.5 Å². The Balaban J connectivity index is 1.90. The van der Waals surface area contributed by atoms with E-state index >= 15 is 0 Å². The number of hydrogen-bond donors (Lipinski definition) is 2. The van der Waals surface area contributed by atoms with Gasteiger partial charge in [0.2, 0.25) is 5.91 Å². The number of rotatable bonds is 6. The van der Waals surface area contributed by atoms with Gasteiger partial charge in [0.05, 0.1) is 5.75 Å². The number of benzene rings is 1. The van der Waals surface area contributed by atoms with E-state index in [1.165, 1.54) is 11.8 Å². The third-order valence-electron chi connectivity index (χ3n) is 3.44. The van der Waals surface area contributed by atoms with Gasteiger partial charge in [0.15, 0.2) is 11.0 Å². The van der Waals surface area contributed by atoms with Crippen molar-refractivity contribution < 1.29 is 9.59 Å². The van der Waals surface area contributed by atoms with Crippen molar-refractivity contribution in [3.05, 3.63) is 30.3 Å². The highest BCUT2D eigenvalue weighted by atomic mass is 32.2. The SMILES string of the molecule is CC[C@H](C)NC(=O)NC(=O)CSc1nnc(-c2ccccc2)n1C. The van der Waals surface area contributed by atoms with E-state index in [4.69, 9.17) is 0 Å². The molecule has 1 atom stereocenters. The van der Waals surface area contributed by atoms with E-state index in [0.29, 0.717) is 5.16 Å². The summed E-state index contributed by atoms with van der Waals surface area (Å²) in [6.07, 6.45) is 0.803. The molecule has 0 saturated heterocycles. The number of carbonyl (C=O) groups excluding carboxylic acids is 2. The number of thioether (sulfide) groups is 1. The van der Waals surface area contributed by atoms with Gasteiger partial charge in [-0.2, -0.15) is 0 Å². The van der Waals surface area contributed by atoms with E-state index in [0.717, 1.165) is 17.8 Å². The van der Waals surface area contributed by atoms with Gasteiger partial charge in [0.25, 0.3) is 0 Å². The molecule has 0 aliphatic carbocycles. The molecule has 0 spiro atoms. The van der Waals surface area contributed by atoms with Crippen LogP contribution in [0.2, 0.25) is 0 Å². The normalized spacial score (nSPS) is 11.8. The molecule has 0 aliphatic rings. The maximum absolute atomic E-state index is 11.8. The Morgan fingerprint density at radius 2 is 1.96 bits per heavy atom. The highest BCUT2D eigenvalue weighted by molar-refractivity contribution is 7.99. The number of carbonyl (C=O) groups is 2. The van der Waals surface area contributed by atoms with Gasteiger partial charge in [-0.05, 0) is 13.3 Å². The van der Waals surface area contributed by atoms with Crippen molar-refractivity contribution in [3.63, 3.8) is 0 Å². The lowest BCUT2D eigenvalue weighted by atomic mass is 10.2. The number of imide groups is 1. The van der Waals surface area contributed by atoms with E-state index in [2.05, 4.69) is 20.8 Å². The zero-order valence-corrected chi connectivity index (χ0v) is 14.8. The van der Waals surface area contributed by atoms with E-state index in [1.54, 1.807) is 0 Å². The molecule has 7 nitrogen and oxygen atoms in total. The summed E-state index contributed by atoms with van der Waals surface area (Å²) in [5.74, 6) is 0.451. The van der Waals surface area contributed by atoms with Crippen molar-refractivity contribution in [2.75, 3.05) is 5.75 Å². The summed E-state index contributed by atoms with van der Waals surface area (Å²) in [6, 6.07) is 9.25. The minimum Gasteiger partial charge on any atom is -0.335 e. The molecule has 128 valence electrons. The van der Waals surface area contributed by atoms with Crippen LogP contribution in [0.15, 0.2) is 35.5 Å². The van der Waals surface area contributed by atoms with Crippen molar-refractivity contribution in [1.29, 1.82) is 0 Å². The minimum absolute atomic E-state index is 0.0256. The van der Waals surface area contributed by atoms with Crippen molar-refractivity contribution >= 4 is 23.7 Å². The first-order valence-corrected chi connectivity index (χ1v) is 8.67. The third-order valence-corrected chi connectivity index (χ3v) is 4.46. The van der Waals surface area contributed by atoms with Crippen LogP contribution in [-0.4, -0.2) is 38.5 Å². The summed E-state index contributed by atoms with van der Waals surface area (Å²) in [7, 11) is 1.85. The first-order chi connectivity index (χ1) is 11.5. The highest BCUT2D eigenvalue weighted by Gasteiger charge is 2.14. The van der Waals surface area contributed by atoms with Gasteiger partial charge in [-0.1, -0.05) is 49.0 Å². The second-order valence-electron chi connectivity index (χ2n) is 5.35. The quantitative estimate of drug-likeness (QED) is 0.782. The number of nitrogens with one attached hydrogen (secondary N) is 2. The molecule has 0 fully saturated rings. The number of amides is 3. The number of urea groups is 1. The minimum atomic E-state index is -0.474. The van der Waals surface area contributed by atoms with E-state index in [-0.39, 0.29) is 17.7 Å². The standard InChI is InChI=1S/C16H21N5O2S/c1-4-11(2)17-15(23)18-13(22)10-24-16-20-19-14(21(16)3)12-8-6-5-7-9-12/h5-9,11H,4,10H2,1-3H3,(H2,17,18,22,23)/t11-/m0/s1. The largest absolute Gasteiger partial charge is 0.335 e. The van der Waals surface area contributed by atoms with Crippen LogP contribution < -0.4 is 10.6 Å². The Bertz CT molecular complexity index is 702. The molecule has 24 heavy (non-hydrogen) atoms. The average molecular weight is 347 g/mol. The molecule has 8 heteroatoms. The summed E-state index contributed by atoms with van der Waals surface area (Å²) >= 11 is 1.23. The molecule has 0 radical (unpaired) electrons. The molecule has 0 unspecified atom stereocenters. The summed E-state index contributed by atoms with van der Waals surface area (Å²) in [6.45, 7) is 3.84. The van der Waals surface area contributed by atoms with Crippen molar-refractivity contribution in [2.24, 2.45) is 7.05 Å². The predicted molar refractivity (Wildman–Crippen MR) is 93.6 cm³/mol. The van der Waals surface area contributed by atoms with Gasteiger partial charge in [-0.3, -0.25) is 10.1 Å². The Morgan fingerprint density at radius 1 is 1.25 bits per heavy atom. The third kappa shape index (κ3) is 4.82. The van der Waals surface area contributed by atoms with Gasteiger partial charge >= 0.3 is 6.03 Å². The fraction of sp³-hybridized carbons (Fsp3) is 0.375. The van der Waals surface area contributed by atoms with Crippen LogP contribution in [0.25, 0.3) is 11.4 Å². The zero-order valence-electron chi connectivity index (χ0n) is 13.9. The lowest BCUT2D eigenvalue weighted by molar-refractivity contribution is -0.117. The van der Waals surface area contributed by atoms with Crippen LogP contribution in [0.4, 0.5) is 4.79 Å². The summed E-state index contributed by atoms with van der Waals surface area (Å²) < 4.78 is 1.83. The van der Waals surface area contributed by atoms with Gasteiger partial charge < -0.3 is 9.88 Å². The van der Waals surface area contributed by atoms with E-state index < -0.39 is 6.03 Å². The summed E-state index contributed by atoms with van der Waals surface area (Å²) in [5, 5.41) is 13.9. The van der Waals surface area contributed by atoms with Crippen LogP contribution in [0.3, 0.4) is 0 Å². The highest BCUT2D eigenvalue weighted by Crippen LogP contribution is 2.22. The van der Waals surface area contributed by atoms with E-state index in [1.807, 2.05) is 55.8 Å². The molecule has 0 bridgehead atoms. The van der Waals surface area contributed by atoms with Gasteiger partial charge in [-0.15, -0.1) is 10.2 Å². The summed E-state index contributed by atoms with van der Waals surface area (Å²) in [4.78, 5) is 23.4. The Kier molecular flexibility index (Phi) is 6.36. The van der Waals surface area contributed by atoms with Crippen LogP contribution in [0, 0.1) is 0 Å². The second-order valence-corrected chi connectivity index (χ2v) is 6.29. The lowest BCUT2D eigenvalue weighted by Gasteiger charge is -2.11. The topological polar surface area (TPSA) is 88.9 Å². The smallest absolute Gasteiger partial charge is 0.321 e. The molecule has 1 aromatic carbocycles. The molecule has 3 amide bonds. The Labute approximate surface area is 145 Å². The molecule has 0 saturated carbocycles. The molecule has 1 aromatic heterocycles. The van der Waals surface area contributed by atoms with Gasteiger partial charge in [0, 0.05) is 18.7 Å². The first-order valence-electron chi connectivity index (χ1n) is 7.69. The fourth-order valence-corrected chi connectivity index (χ4v) is 2.64. The van der Waals surface area contributed by atoms with Crippen molar-refractivity contribution in [3.8, 4) is 11.4 Å². The second kappa shape index (κ2) is 8.49. The van der Waals surface area contributed by atoms with Gasteiger partial charge in [-0.25, -0.2) is 4.79 Å². The average Bonchev–Trinajstić information content (AvgIpc) is 2.94. The summed E-state index contributed by atoms with van der Waals surface area (Å²) in [5.41, 5.74) is 0.955. The zero-order chi connectivity index (χ0) is 17.5. The Hall–Kier alpha value is -2.35. The number of aromatic nitrogens is 3. The lowest BCUT2D eigenvalue weighted by Crippen LogP contribution is -2.43. The predicted octanol–water partition coefficient (Wildman–Crippen LogP) is 2.20. The molecule has 2 rings (SSSR count). The Morgan fingerprint density at radius 3 is 2.62 bits per heavy atom. The van der Waals surface area contributed by atoms with Crippen LogP contribution in [-0.2, 0) is 11.8 Å². The first kappa shape index (κ1) is 18.0. The van der Waals surface area contributed by atoms with Gasteiger partial charge in [0.1, 0.15) is 0 Å². The molecule has 2 aromatic rings. The fourth-order valence-electron chi connectivity index (χ4n) is 1.93. The van der Waals surface area contributed by atoms with Crippen LogP contribution in [0.1, 0.15) is 20.3 Å². The number of nitrogens with zero attached hydrogens (tertiary/aromatic N) is 3. The molecular weight excluding hydrogens is 326 g/mol. The molecule has 0 aliphatic heterocycles. The van der Waals surface area contributed by atoms with E-state index in [9.17, 15) is 9.59 Å². The molecular formula is C16H21N5O2S. The van der Waals surface area contributed by atoms with Crippen molar-refractivity contribution in [1.82, 2.24) is 25.4 Å². The number of hydrogen-bond acceptors (Lipinski definition) is 5. The maximum atomic E-state index is 11.8. The molecule has 2 N–H and O–H groups in total. The molecule has 1 heterocycles. The van der Waals surface area contributed by atoms with Crippen LogP contribution in [0.5, 0.6) is 0 Å². The van der Waals surface area contributed by atoms with Crippen LogP contribution >= 0.6 is 11.8 Å². The monoisotopic (exact) mass is 347 g/mol. The maximum Gasteiger partial charge on any atom is 0.321 e.